The number of ether oxygens (including phenoxy) is 1. The summed E-state index contributed by atoms with van der Waals surface area (Å²) >= 11 is 6.02. The van der Waals surface area contributed by atoms with Crippen LogP contribution in [0, 0.1) is 0 Å². The summed E-state index contributed by atoms with van der Waals surface area (Å²) in [5.74, 6) is 1.01. The van der Waals surface area contributed by atoms with Crippen LogP contribution < -0.4 is 20.7 Å². The number of aromatic nitrogens is 2. The standard InChI is InChI=1S/C13H16ClN5O2/c14-8-6-9-11(10(7-8)21-12(15)20)18-13(17-9)19-4-1-2-16-3-5-19/h6-7,16H,1-5H2,(H2,15,20)(H,17,18). The number of nitrogens with zero attached hydrogens (tertiary/aromatic N) is 2. The molecule has 0 saturated carbocycles. The maximum absolute atomic E-state index is 11.0. The fourth-order valence-electron chi connectivity index (χ4n) is 2.43. The number of fused-ring (bicyclic) bond motifs is 1. The first-order chi connectivity index (χ1) is 10.1. The Hall–Kier alpha value is -1.99. The second kappa shape index (κ2) is 5.79. The predicted octanol–water partition coefficient (Wildman–Crippen LogP) is 1.47. The summed E-state index contributed by atoms with van der Waals surface area (Å²) in [6, 6.07) is 3.28. The number of hydrogen-bond donors (Lipinski definition) is 3. The first kappa shape index (κ1) is 14.0. The molecule has 1 aromatic heterocycles. The Kier molecular flexibility index (Phi) is 3.85. The summed E-state index contributed by atoms with van der Waals surface area (Å²) in [7, 11) is 0. The zero-order chi connectivity index (χ0) is 14.8. The molecule has 7 nitrogen and oxygen atoms in total. The van der Waals surface area contributed by atoms with E-state index < -0.39 is 6.09 Å². The molecule has 112 valence electrons. The molecule has 4 N–H and O–H groups in total. The van der Waals surface area contributed by atoms with Crippen molar-refractivity contribution in [3.8, 4) is 5.75 Å². The molecule has 1 saturated heterocycles. The number of anilines is 1. The molecule has 0 radical (unpaired) electrons. The van der Waals surface area contributed by atoms with Crippen LogP contribution in [0.4, 0.5) is 10.7 Å². The van der Waals surface area contributed by atoms with E-state index in [-0.39, 0.29) is 5.75 Å². The summed E-state index contributed by atoms with van der Waals surface area (Å²) < 4.78 is 4.97. The fourth-order valence-corrected chi connectivity index (χ4v) is 2.64. The highest BCUT2D eigenvalue weighted by atomic mass is 35.5. The van der Waals surface area contributed by atoms with E-state index in [1.54, 1.807) is 6.07 Å². The van der Waals surface area contributed by atoms with Gasteiger partial charge in [-0.05, 0) is 19.0 Å². The molecule has 2 heterocycles. The number of amides is 1. The van der Waals surface area contributed by atoms with Crippen molar-refractivity contribution >= 4 is 34.7 Å². The molecule has 21 heavy (non-hydrogen) atoms. The normalized spacial score (nSPS) is 16.0. The lowest BCUT2D eigenvalue weighted by Gasteiger charge is -2.18. The Bertz CT molecular complexity index is 664. The number of aromatic amines is 1. The molecule has 1 amide bonds. The smallest absolute Gasteiger partial charge is 0.408 e. The number of rotatable bonds is 2. The number of hydrogen-bond acceptors (Lipinski definition) is 5. The van der Waals surface area contributed by atoms with Crippen molar-refractivity contribution in [1.29, 1.82) is 0 Å². The SMILES string of the molecule is NC(=O)Oc1cc(Cl)cc2[nH]c(N3CCCNCC3)nc12. The second-order valence-corrected chi connectivity index (χ2v) is 5.31. The van der Waals surface area contributed by atoms with Gasteiger partial charge in [-0.1, -0.05) is 11.6 Å². The minimum Gasteiger partial charge on any atom is -0.408 e. The Morgan fingerprint density at radius 3 is 3.05 bits per heavy atom. The number of imidazole rings is 1. The van der Waals surface area contributed by atoms with Gasteiger partial charge in [-0.25, -0.2) is 9.78 Å². The van der Waals surface area contributed by atoms with Crippen molar-refractivity contribution in [3.05, 3.63) is 17.2 Å². The van der Waals surface area contributed by atoms with Crippen LogP contribution in [0.5, 0.6) is 5.75 Å². The number of carbonyl (C=O) groups is 1. The number of halogens is 1. The van der Waals surface area contributed by atoms with Crippen LogP contribution in [0.15, 0.2) is 12.1 Å². The van der Waals surface area contributed by atoms with Gasteiger partial charge in [0.05, 0.1) is 5.52 Å². The number of carbonyl (C=O) groups excluding carboxylic acids is 1. The van der Waals surface area contributed by atoms with Gasteiger partial charge < -0.3 is 25.7 Å². The number of primary amides is 1. The zero-order valence-corrected chi connectivity index (χ0v) is 12.1. The van der Waals surface area contributed by atoms with Crippen molar-refractivity contribution in [2.45, 2.75) is 6.42 Å². The third kappa shape index (κ3) is 3.03. The van der Waals surface area contributed by atoms with Crippen LogP contribution in [0.3, 0.4) is 0 Å². The van der Waals surface area contributed by atoms with E-state index in [0.29, 0.717) is 16.1 Å². The minimum absolute atomic E-state index is 0.264. The van der Waals surface area contributed by atoms with Crippen LogP contribution in [0.2, 0.25) is 5.02 Å². The van der Waals surface area contributed by atoms with Crippen LogP contribution in [-0.2, 0) is 0 Å². The van der Waals surface area contributed by atoms with Gasteiger partial charge in [0.15, 0.2) is 5.75 Å². The van der Waals surface area contributed by atoms with Gasteiger partial charge in [-0.2, -0.15) is 0 Å². The highest BCUT2D eigenvalue weighted by Gasteiger charge is 2.17. The van der Waals surface area contributed by atoms with E-state index in [2.05, 4.69) is 20.2 Å². The van der Waals surface area contributed by atoms with E-state index >= 15 is 0 Å². The molecule has 1 aliphatic heterocycles. The Morgan fingerprint density at radius 2 is 2.24 bits per heavy atom. The average Bonchev–Trinajstić information content (AvgIpc) is 2.67. The van der Waals surface area contributed by atoms with E-state index in [0.717, 1.165) is 38.5 Å². The molecule has 1 aromatic carbocycles. The lowest BCUT2D eigenvalue weighted by Crippen LogP contribution is -2.28. The monoisotopic (exact) mass is 309 g/mol. The van der Waals surface area contributed by atoms with Crippen molar-refractivity contribution in [3.63, 3.8) is 0 Å². The maximum atomic E-state index is 11.0. The molecular weight excluding hydrogens is 294 g/mol. The largest absolute Gasteiger partial charge is 0.410 e. The van der Waals surface area contributed by atoms with E-state index in [1.807, 2.05) is 0 Å². The van der Waals surface area contributed by atoms with E-state index in [9.17, 15) is 4.79 Å². The van der Waals surface area contributed by atoms with Gasteiger partial charge in [0.2, 0.25) is 5.95 Å². The van der Waals surface area contributed by atoms with Gasteiger partial charge in [0.1, 0.15) is 5.52 Å². The lowest BCUT2D eigenvalue weighted by atomic mass is 10.3. The molecule has 0 atom stereocenters. The first-order valence-corrected chi connectivity index (χ1v) is 7.13. The molecule has 0 unspecified atom stereocenters. The van der Waals surface area contributed by atoms with Crippen LogP contribution in [0.25, 0.3) is 11.0 Å². The number of nitrogens with one attached hydrogen (secondary N) is 2. The van der Waals surface area contributed by atoms with Gasteiger partial charge in [-0.3, -0.25) is 0 Å². The fraction of sp³-hybridized carbons (Fsp3) is 0.385. The Morgan fingerprint density at radius 1 is 1.38 bits per heavy atom. The highest BCUT2D eigenvalue weighted by Crippen LogP contribution is 2.30. The summed E-state index contributed by atoms with van der Waals surface area (Å²) in [6.45, 7) is 3.67. The average molecular weight is 310 g/mol. The first-order valence-electron chi connectivity index (χ1n) is 6.76. The van der Waals surface area contributed by atoms with Crippen LogP contribution in [-0.4, -0.2) is 42.2 Å². The second-order valence-electron chi connectivity index (χ2n) is 4.87. The van der Waals surface area contributed by atoms with Gasteiger partial charge in [0, 0.05) is 30.7 Å². The van der Waals surface area contributed by atoms with Crippen molar-refractivity contribution < 1.29 is 9.53 Å². The van der Waals surface area contributed by atoms with Gasteiger partial charge in [-0.15, -0.1) is 0 Å². The summed E-state index contributed by atoms with van der Waals surface area (Å²) in [4.78, 5) is 20.9. The number of nitrogens with two attached hydrogens (primary N) is 1. The molecule has 0 spiro atoms. The minimum atomic E-state index is -0.887. The van der Waals surface area contributed by atoms with Crippen molar-refractivity contribution in [2.24, 2.45) is 5.73 Å². The van der Waals surface area contributed by atoms with Crippen LogP contribution >= 0.6 is 11.6 Å². The number of H-pyrrole nitrogens is 1. The summed E-state index contributed by atoms with van der Waals surface area (Å²) in [5, 5.41) is 3.79. The zero-order valence-electron chi connectivity index (χ0n) is 11.4. The molecule has 1 fully saturated rings. The van der Waals surface area contributed by atoms with Gasteiger partial charge >= 0.3 is 6.09 Å². The Balaban J connectivity index is 2.00. The van der Waals surface area contributed by atoms with Crippen molar-refractivity contribution in [1.82, 2.24) is 15.3 Å². The maximum Gasteiger partial charge on any atom is 0.410 e. The van der Waals surface area contributed by atoms with Gasteiger partial charge in [0.25, 0.3) is 0 Å². The molecule has 1 aliphatic rings. The predicted molar refractivity (Wildman–Crippen MR) is 81.0 cm³/mol. The molecule has 0 bridgehead atoms. The summed E-state index contributed by atoms with van der Waals surface area (Å²) in [6.07, 6.45) is 0.157. The Labute approximate surface area is 126 Å². The summed E-state index contributed by atoms with van der Waals surface area (Å²) in [5.41, 5.74) is 6.34. The molecule has 3 rings (SSSR count). The lowest BCUT2D eigenvalue weighted by molar-refractivity contribution is 0.211. The molecular formula is C13H16ClN5O2. The quantitative estimate of drug-likeness (QED) is 0.780. The highest BCUT2D eigenvalue weighted by molar-refractivity contribution is 6.31. The molecule has 0 aliphatic carbocycles. The van der Waals surface area contributed by atoms with E-state index in [4.69, 9.17) is 22.1 Å². The molecule has 8 heteroatoms. The third-order valence-electron chi connectivity index (χ3n) is 3.35. The molecule has 2 aromatic rings. The number of benzene rings is 1. The van der Waals surface area contributed by atoms with Crippen molar-refractivity contribution in [2.75, 3.05) is 31.1 Å². The van der Waals surface area contributed by atoms with E-state index in [1.165, 1.54) is 6.07 Å². The topological polar surface area (TPSA) is 96.3 Å². The van der Waals surface area contributed by atoms with Crippen LogP contribution in [0.1, 0.15) is 6.42 Å². The third-order valence-corrected chi connectivity index (χ3v) is 3.57.